The zero-order valence-electron chi connectivity index (χ0n) is 15.4. The van der Waals surface area contributed by atoms with Crippen LogP contribution in [-0.2, 0) is 27.2 Å². The number of hydrogen-bond acceptors (Lipinski definition) is 4. The number of esters is 1. The Bertz CT molecular complexity index is 822. The maximum atomic E-state index is 12.3. The molecule has 1 aliphatic rings. The molecule has 0 atom stereocenters. The number of benzene rings is 1. The quantitative estimate of drug-likeness (QED) is 0.413. The van der Waals surface area contributed by atoms with E-state index in [0.717, 1.165) is 48.7 Å². The summed E-state index contributed by atoms with van der Waals surface area (Å²) >= 11 is 5.58. The van der Waals surface area contributed by atoms with Gasteiger partial charge in [-0.15, -0.1) is 11.6 Å². The molecule has 0 unspecified atom stereocenters. The van der Waals surface area contributed by atoms with Crippen LogP contribution >= 0.6 is 11.6 Å². The topological polar surface area (TPSA) is 68.3 Å². The molecule has 1 aromatic heterocycles. The van der Waals surface area contributed by atoms with Crippen LogP contribution in [-0.4, -0.2) is 29.3 Å². The number of unbranched alkanes of at least 4 members (excludes halogenated alkanes) is 1. The van der Waals surface area contributed by atoms with Crippen molar-refractivity contribution in [3.63, 3.8) is 0 Å². The van der Waals surface area contributed by atoms with Crippen LogP contribution in [0.2, 0.25) is 0 Å². The summed E-state index contributed by atoms with van der Waals surface area (Å²) in [5, 5.41) is 3.93. The second-order valence-corrected chi connectivity index (χ2v) is 7.22. The number of pyridine rings is 1. The first kappa shape index (κ1) is 19.6. The first-order valence-electron chi connectivity index (χ1n) is 9.60. The molecule has 1 aliphatic carbocycles. The van der Waals surface area contributed by atoms with E-state index in [1.807, 2.05) is 18.2 Å². The molecule has 27 heavy (non-hydrogen) atoms. The average Bonchev–Trinajstić information content (AvgIpc) is 2.68. The number of carbonyl (C=O) groups excluding carboxylic acids is 2. The number of amides is 1. The van der Waals surface area contributed by atoms with Crippen molar-refractivity contribution in [1.29, 1.82) is 0 Å². The van der Waals surface area contributed by atoms with E-state index in [0.29, 0.717) is 18.2 Å². The minimum absolute atomic E-state index is 0.0697. The molecule has 1 aromatic carbocycles. The van der Waals surface area contributed by atoms with Crippen LogP contribution < -0.4 is 5.32 Å². The molecule has 0 saturated heterocycles. The van der Waals surface area contributed by atoms with Crippen LogP contribution in [0.1, 0.15) is 49.8 Å². The molecule has 3 rings (SSSR count). The number of anilines is 1. The lowest BCUT2D eigenvalue weighted by atomic mass is 9.94. The third-order valence-electron chi connectivity index (χ3n) is 4.75. The highest BCUT2D eigenvalue weighted by Crippen LogP contribution is 2.28. The Morgan fingerprint density at radius 3 is 2.85 bits per heavy atom. The third kappa shape index (κ3) is 5.42. The molecule has 0 saturated carbocycles. The summed E-state index contributed by atoms with van der Waals surface area (Å²) in [7, 11) is 0. The Morgan fingerprint density at radius 2 is 2.00 bits per heavy atom. The van der Waals surface area contributed by atoms with Gasteiger partial charge in [-0.25, -0.2) is 0 Å². The zero-order valence-corrected chi connectivity index (χ0v) is 16.2. The number of carbonyl (C=O) groups is 2. The monoisotopic (exact) mass is 388 g/mol. The molecule has 0 bridgehead atoms. The first-order chi connectivity index (χ1) is 13.2. The highest BCUT2D eigenvalue weighted by atomic mass is 35.5. The Balaban J connectivity index is 1.59. The van der Waals surface area contributed by atoms with Crippen molar-refractivity contribution in [2.75, 3.05) is 17.8 Å². The number of aromatic nitrogens is 1. The van der Waals surface area contributed by atoms with Crippen LogP contribution in [0.4, 0.5) is 5.69 Å². The maximum Gasteiger partial charge on any atom is 0.306 e. The molecular weight excluding hydrogens is 364 g/mol. The van der Waals surface area contributed by atoms with Gasteiger partial charge in [-0.3, -0.25) is 14.6 Å². The largest absolute Gasteiger partial charge is 0.466 e. The fourth-order valence-electron chi connectivity index (χ4n) is 3.31. The van der Waals surface area contributed by atoms with Crippen LogP contribution in [0.3, 0.4) is 0 Å². The van der Waals surface area contributed by atoms with E-state index < -0.39 is 0 Å². The number of para-hydroxylation sites is 1. The fraction of sp³-hybridized carbons (Fsp3) is 0.476. The van der Waals surface area contributed by atoms with Crippen molar-refractivity contribution in [1.82, 2.24) is 4.98 Å². The molecule has 0 aliphatic heterocycles. The zero-order chi connectivity index (χ0) is 19.1. The number of aryl methyl sites for hydroxylation is 2. The molecule has 1 amide bonds. The number of nitrogens with zero attached hydrogens (tertiary/aromatic N) is 1. The predicted octanol–water partition coefficient (Wildman–Crippen LogP) is 4.39. The van der Waals surface area contributed by atoms with Crippen LogP contribution in [0, 0.1) is 0 Å². The van der Waals surface area contributed by atoms with Crippen molar-refractivity contribution < 1.29 is 14.3 Å². The van der Waals surface area contributed by atoms with Gasteiger partial charge in [0.1, 0.15) is 0 Å². The molecule has 0 spiro atoms. The van der Waals surface area contributed by atoms with Crippen molar-refractivity contribution in [2.45, 2.75) is 51.4 Å². The summed E-state index contributed by atoms with van der Waals surface area (Å²) in [6.07, 6.45) is 6.15. The van der Waals surface area contributed by atoms with Gasteiger partial charge in [0.15, 0.2) is 0 Å². The molecule has 2 aromatic rings. The second-order valence-electron chi connectivity index (χ2n) is 6.84. The Hall–Kier alpha value is -2.14. The Labute approximate surface area is 164 Å². The van der Waals surface area contributed by atoms with Crippen LogP contribution in [0.25, 0.3) is 10.9 Å². The van der Waals surface area contributed by atoms with Crippen molar-refractivity contribution >= 4 is 40.1 Å². The SMILES string of the molecule is O=C(CCC(=O)OCCCCCl)Nc1cccc2cc3c(nc12)CCCC3. The van der Waals surface area contributed by atoms with Crippen molar-refractivity contribution in [3.8, 4) is 0 Å². The second kappa shape index (κ2) is 9.70. The van der Waals surface area contributed by atoms with Crippen molar-refractivity contribution in [2.24, 2.45) is 0 Å². The number of fused-ring (bicyclic) bond motifs is 2. The normalized spacial score (nSPS) is 13.2. The van der Waals surface area contributed by atoms with E-state index in [1.165, 1.54) is 12.0 Å². The van der Waals surface area contributed by atoms with Crippen LogP contribution in [0.5, 0.6) is 0 Å². The van der Waals surface area contributed by atoms with E-state index in [2.05, 4.69) is 11.4 Å². The molecule has 0 radical (unpaired) electrons. The van der Waals surface area contributed by atoms with E-state index >= 15 is 0 Å². The number of hydrogen-bond donors (Lipinski definition) is 1. The fourth-order valence-corrected chi connectivity index (χ4v) is 3.49. The van der Waals surface area contributed by atoms with Gasteiger partial charge in [0.2, 0.25) is 5.91 Å². The van der Waals surface area contributed by atoms with Gasteiger partial charge in [0.05, 0.1) is 24.2 Å². The van der Waals surface area contributed by atoms with Gasteiger partial charge in [0.25, 0.3) is 0 Å². The molecule has 0 fully saturated rings. The Morgan fingerprint density at radius 1 is 1.15 bits per heavy atom. The summed E-state index contributed by atoms with van der Waals surface area (Å²) < 4.78 is 5.09. The summed E-state index contributed by atoms with van der Waals surface area (Å²) in [6, 6.07) is 7.97. The number of ether oxygens (including phenoxy) is 1. The molecule has 144 valence electrons. The van der Waals surface area contributed by atoms with Crippen LogP contribution in [0.15, 0.2) is 24.3 Å². The van der Waals surface area contributed by atoms with Gasteiger partial charge in [0, 0.05) is 23.4 Å². The molecule has 1 heterocycles. The van der Waals surface area contributed by atoms with Crippen molar-refractivity contribution in [3.05, 3.63) is 35.5 Å². The number of nitrogens with one attached hydrogen (secondary N) is 1. The van der Waals surface area contributed by atoms with Gasteiger partial charge in [-0.2, -0.15) is 0 Å². The maximum absolute atomic E-state index is 12.3. The Kier molecular flexibility index (Phi) is 7.04. The lowest BCUT2D eigenvalue weighted by Crippen LogP contribution is -2.15. The minimum atomic E-state index is -0.357. The molecule has 5 nitrogen and oxygen atoms in total. The van der Waals surface area contributed by atoms with Gasteiger partial charge in [-0.1, -0.05) is 12.1 Å². The first-order valence-corrected chi connectivity index (χ1v) is 10.1. The lowest BCUT2D eigenvalue weighted by Gasteiger charge is -2.17. The average molecular weight is 389 g/mol. The van der Waals surface area contributed by atoms with E-state index in [-0.39, 0.29) is 24.7 Å². The number of halogens is 1. The standard InChI is InChI=1S/C21H25ClN2O3/c22-12-3-4-13-27-20(26)11-10-19(25)23-18-9-5-7-16-14-15-6-1-2-8-17(15)24-21(16)18/h5,7,9,14H,1-4,6,8,10-13H2,(H,23,25). The number of alkyl halides is 1. The summed E-state index contributed by atoms with van der Waals surface area (Å²) in [6.45, 7) is 0.353. The highest BCUT2D eigenvalue weighted by Gasteiger charge is 2.15. The highest BCUT2D eigenvalue weighted by molar-refractivity contribution is 6.17. The summed E-state index contributed by atoms with van der Waals surface area (Å²) in [5.74, 6) is -0.00745. The van der Waals surface area contributed by atoms with E-state index in [4.69, 9.17) is 21.3 Å². The molecular formula is C21H25ClN2O3. The molecule has 1 N–H and O–H groups in total. The van der Waals surface area contributed by atoms with Gasteiger partial charge >= 0.3 is 5.97 Å². The lowest BCUT2D eigenvalue weighted by molar-refractivity contribution is -0.144. The van der Waals surface area contributed by atoms with Gasteiger partial charge in [-0.05, 0) is 56.2 Å². The van der Waals surface area contributed by atoms with E-state index in [9.17, 15) is 9.59 Å². The van der Waals surface area contributed by atoms with E-state index in [1.54, 1.807) is 0 Å². The summed E-state index contributed by atoms with van der Waals surface area (Å²) in [4.78, 5) is 28.8. The third-order valence-corrected chi connectivity index (χ3v) is 5.01. The smallest absolute Gasteiger partial charge is 0.306 e. The summed E-state index contributed by atoms with van der Waals surface area (Å²) in [5.41, 5.74) is 3.96. The number of rotatable bonds is 8. The van der Waals surface area contributed by atoms with Gasteiger partial charge < -0.3 is 10.1 Å². The minimum Gasteiger partial charge on any atom is -0.466 e. The molecule has 6 heteroatoms. The predicted molar refractivity (Wildman–Crippen MR) is 107 cm³/mol.